The third-order valence-electron chi connectivity index (χ3n) is 11.4. The number of carbonyl (C=O) groups is 4. The van der Waals surface area contributed by atoms with Gasteiger partial charge >= 0.3 is 0 Å². The van der Waals surface area contributed by atoms with Crippen molar-refractivity contribution in [2.75, 3.05) is 57.9 Å². The number of aliphatic hydroxyl groups is 1. The van der Waals surface area contributed by atoms with Gasteiger partial charge in [-0.2, -0.15) is 0 Å². The largest absolute Gasteiger partial charge is 0.391 e. The molecule has 0 saturated carbocycles. The maximum atomic E-state index is 14.0. The molecule has 7 rings (SSSR count). The summed E-state index contributed by atoms with van der Waals surface area (Å²) in [4.78, 5) is 66.4. The number of ether oxygens (including phenoxy) is 2. The fraction of sp³-hybridized carbons (Fsp3) is 0.489. The van der Waals surface area contributed by atoms with Crippen molar-refractivity contribution in [1.29, 1.82) is 0 Å². The Morgan fingerprint density at radius 3 is 2.51 bits per heavy atom. The molecule has 2 aliphatic heterocycles. The molecule has 0 radical (unpaired) electrons. The quantitative estimate of drug-likeness (QED) is 0.0499. The molecule has 1 saturated heterocycles. The van der Waals surface area contributed by atoms with Crippen molar-refractivity contribution >= 4 is 72.9 Å². The molecule has 5 heterocycles. The number of fused-ring (bicyclic) bond motifs is 2. The number of para-hydroxylation sites is 1. The molecule has 1 fully saturated rings. The van der Waals surface area contributed by atoms with Gasteiger partial charge < -0.3 is 46.1 Å². The smallest absolute Gasteiger partial charge is 0.246 e. The predicted octanol–water partition coefficient (Wildman–Crippen LogP) is 5.64. The van der Waals surface area contributed by atoms with Gasteiger partial charge in [0.1, 0.15) is 22.1 Å². The molecule has 18 heteroatoms. The normalized spacial score (nSPS) is 16.7. The number of aromatic nitrogens is 2. The van der Waals surface area contributed by atoms with Crippen LogP contribution < -0.4 is 26.6 Å². The number of anilines is 1. The number of hydrogen-bond donors (Lipinski definition) is 6. The zero-order valence-corrected chi connectivity index (χ0v) is 39.9. The number of benzene rings is 2. The average Bonchev–Trinajstić information content (AvgIpc) is 4.09. The summed E-state index contributed by atoms with van der Waals surface area (Å²) in [5, 5.41) is 28.1. The first-order valence-electron chi connectivity index (χ1n) is 22.3. The third-order valence-corrected chi connectivity index (χ3v) is 14.6. The number of likely N-dealkylation sites (tertiary alicyclic amines) is 1. The first-order valence-corrected chi connectivity index (χ1v) is 24.8. The summed E-state index contributed by atoms with van der Waals surface area (Å²) >= 11 is 4.87. The molecule has 0 spiro atoms. The van der Waals surface area contributed by atoms with E-state index in [0.717, 1.165) is 67.0 Å². The highest BCUT2D eigenvalue weighted by Crippen LogP contribution is 2.45. The Kier molecular flexibility index (Phi) is 16.9. The topological polar surface area (TPSA) is 196 Å². The molecule has 6 N–H and O–H groups in total. The number of thiazole rings is 2. The number of thiophene rings is 1. The maximum absolute atomic E-state index is 14.0. The number of amides is 4. The zero-order chi connectivity index (χ0) is 45.9. The molecule has 65 heavy (non-hydrogen) atoms. The summed E-state index contributed by atoms with van der Waals surface area (Å²) in [5.41, 5.74) is 7.40. The van der Waals surface area contributed by atoms with Gasteiger partial charge in [0.15, 0.2) is 0 Å². The van der Waals surface area contributed by atoms with Crippen molar-refractivity contribution < 1.29 is 33.8 Å². The van der Waals surface area contributed by atoms with Crippen molar-refractivity contribution in [2.45, 2.75) is 91.1 Å². The van der Waals surface area contributed by atoms with E-state index in [-0.39, 0.29) is 43.7 Å². The second-order valence-electron chi connectivity index (χ2n) is 17.4. The van der Waals surface area contributed by atoms with E-state index in [1.54, 1.807) is 34.0 Å². The fourth-order valence-corrected chi connectivity index (χ4v) is 11.1. The summed E-state index contributed by atoms with van der Waals surface area (Å²) in [6.07, 6.45) is 1.10. The fourth-order valence-electron chi connectivity index (χ4n) is 7.96. The molecule has 15 nitrogen and oxygen atoms in total. The van der Waals surface area contributed by atoms with Crippen LogP contribution in [0, 0.1) is 12.3 Å². The second kappa shape index (κ2) is 22.7. The maximum Gasteiger partial charge on any atom is 0.246 e. The molecule has 0 aliphatic carbocycles. The van der Waals surface area contributed by atoms with Crippen LogP contribution >= 0.6 is 34.0 Å². The number of aliphatic hydroxyl groups excluding tert-OH is 1. The van der Waals surface area contributed by atoms with Crippen LogP contribution in [0.15, 0.2) is 54.0 Å². The number of rotatable bonds is 21. The Bertz CT molecular complexity index is 2380. The SMILES string of the molecule is Cc1ncsc1-c1ccc(CNC(=O)[C@@H]2C[C@@H](O)CN2C(=O)[C@@H](NC(=O)CCCOCCOCCNCCC(=O)Nc2sc3c(c2-c2nc4ccccc4s2)CCNC3)C(C)(C)C)cc1. The van der Waals surface area contributed by atoms with Gasteiger partial charge in [-0.05, 0) is 60.5 Å². The summed E-state index contributed by atoms with van der Waals surface area (Å²) in [6.45, 7) is 12.2. The van der Waals surface area contributed by atoms with E-state index >= 15 is 0 Å². The van der Waals surface area contributed by atoms with Gasteiger partial charge in [0, 0.05) is 69.0 Å². The third kappa shape index (κ3) is 12.8. The first kappa shape index (κ1) is 48.3. The van der Waals surface area contributed by atoms with E-state index in [9.17, 15) is 24.3 Å². The van der Waals surface area contributed by atoms with Gasteiger partial charge in [-0.25, -0.2) is 9.97 Å². The minimum absolute atomic E-state index is 0.00872. The van der Waals surface area contributed by atoms with Crippen molar-refractivity contribution in [3.05, 3.63) is 75.7 Å². The van der Waals surface area contributed by atoms with E-state index in [1.807, 2.05) is 75.7 Å². The molecule has 2 aliphatic rings. The number of nitrogens with one attached hydrogen (secondary N) is 5. The van der Waals surface area contributed by atoms with E-state index in [2.05, 4.69) is 37.6 Å². The lowest BCUT2D eigenvalue weighted by Crippen LogP contribution is -2.57. The lowest BCUT2D eigenvalue weighted by atomic mass is 9.85. The Balaban J connectivity index is 0.758. The van der Waals surface area contributed by atoms with Crippen molar-refractivity contribution in [1.82, 2.24) is 36.1 Å². The minimum atomic E-state index is -0.900. The molecular weight excluding hydrogens is 885 g/mol. The standard InChI is InChI=1S/C47H60N8O7S3/c1-29-41(63-28-51-29)31-13-11-30(12-14-31)25-50-43(59)35-24-32(56)27-55(35)46(60)42(47(2,3)4)53-38(57)10-7-20-61-22-23-62-21-19-48-18-16-39(58)54-45-40(33-15-17-49-26-37(33)65-45)44-52-34-8-5-6-9-36(34)64-44/h5-6,8-9,11-14,28,32,35,42,48-49,56H,7,10,15-27H2,1-4H3,(H,50,59)(H,53,57)(H,54,58)/t32-,35+,42-/m1/s1. The zero-order valence-electron chi connectivity index (χ0n) is 37.5. The summed E-state index contributed by atoms with van der Waals surface area (Å²) in [7, 11) is 0. The van der Waals surface area contributed by atoms with Gasteiger partial charge in [0.25, 0.3) is 0 Å². The van der Waals surface area contributed by atoms with Gasteiger partial charge in [0.2, 0.25) is 23.6 Å². The van der Waals surface area contributed by atoms with Gasteiger partial charge in [-0.3, -0.25) is 19.2 Å². The van der Waals surface area contributed by atoms with Crippen LogP contribution in [-0.4, -0.2) is 114 Å². The predicted molar refractivity (Wildman–Crippen MR) is 257 cm³/mol. The van der Waals surface area contributed by atoms with Crippen LogP contribution in [0.3, 0.4) is 0 Å². The molecule has 3 atom stereocenters. The molecule has 0 unspecified atom stereocenters. The van der Waals surface area contributed by atoms with E-state index in [1.165, 1.54) is 15.3 Å². The Morgan fingerprint density at radius 1 is 0.969 bits per heavy atom. The summed E-state index contributed by atoms with van der Waals surface area (Å²) in [5.74, 6) is -1.10. The van der Waals surface area contributed by atoms with Crippen LogP contribution in [0.5, 0.6) is 0 Å². The number of hydrogen-bond acceptors (Lipinski definition) is 14. The lowest BCUT2D eigenvalue weighted by Gasteiger charge is -2.35. The van der Waals surface area contributed by atoms with E-state index in [4.69, 9.17) is 14.5 Å². The van der Waals surface area contributed by atoms with Crippen LogP contribution in [0.4, 0.5) is 5.00 Å². The Hall–Kier alpha value is -4.66. The van der Waals surface area contributed by atoms with Crippen molar-refractivity contribution in [3.63, 3.8) is 0 Å². The van der Waals surface area contributed by atoms with Crippen LogP contribution in [0.2, 0.25) is 0 Å². The van der Waals surface area contributed by atoms with Crippen LogP contribution in [-0.2, 0) is 48.2 Å². The van der Waals surface area contributed by atoms with E-state index in [0.29, 0.717) is 52.4 Å². The molecule has 2 aromatic carbocycles. The highest BCUT2D eigenvalue weighted by atomic mass is 32.1. The number of carbonyl (C=O) groups excluding carboxylic acids is 4. The average molecular weight is 945 g/mol. The van der Waals surface area contributed by atoms with Crippen LogP contribution in [0.1, 0.15) is 68.2 Å². The highest BCUT2D eigenvalue weighted by Gasteiger charge is 2.44. The monoisotopic (exact) mass is 944 g/mol. The van der Waals surface area contributed by atoms with E-state index < -0.39 is 29.5 Å². The van der Waals surface area contributed by atoms with Gasteiger partial charge in [-0.1, -0.05) is 57.2 Å². The van der Waals surface area contributed by atoms with Crippen molar-refractivity contribution in [2.24, 2.45) is 5.41 Å². The van der Waals surface area contributed by atoms with Crippen molar-refractivity contribution in [3.8, 4) is 21.0 Å². The van der Waals surface area contributed by atoms with Gasteiger partial charge in [-0.15, -0.1) is 34.0 Å². The Morgan fingerprint density at radius 2 is 1.75 bits per heavy atom. The molecule has 0 bridgehead atoms. The van der Waals surface area contributed by atoms with Gasteiger partial charge in [0.05, 0.1) is 52.2 Å². The molecular formula is C47H60N8O7S3. The number of β-amino-alcohol motifs (C(OH)–C–C–N with tert-alkyl or cyclic N) is 1. The summed E-state index contributed by atoms with van der Waals surface area (Å²) < 4.78 is 12.5. The summed E-state index contributed by atoms with van der Waals surface area (Å²) in [6, 6.07) is 14.3. The molecule has 348 valence electrons. The van der Waals surface area contributed by atoms with Crippen LogP contribution in [0.25, 0.3) is 31.2 Å². The minimum Gasteiger partial charge on any atom is -0.391 e. The Labute approximate surface area is 392 Å². The molecule has 5 aromatic rings. The second-order valence-corrected chi connectivity index (χ2v) is 20.4. The molecule has 3 aromatic heterocycles. The number of aryl methyl sites for hydroxylation is 1. The molecule has 4 amide bonds. The first-order chi connectivity index (χ1) is 31.4. The highest BCUT2D eigenvalue weighted by molar-refractivity contribution is 7.23. The number of nitrogens with zero attached hydrogens (tertiary/aromatic N) is 3. The lowest BCUT2D eigenvalue weighted by molar-refractivity contribution is -0.144.